The molecule has 0 fully saturated rings. The summed E-state index contributed by atoms with van der Waals surface area (Å²) in [6.07, 6.45) is 1.61. The highest BCUT2D eigenvalue weighted by molar-refractivity contribution is 7.17. The van der Waals surface area contributed by atoms with E-state index in [4.69, 9.17) is 26.3 Å². The number of nitrogens with zero attached hydrogens (tertiary/aromatic N) is 2. The largest absolute Gasteiger partial charge is 0.491 e. The third-order valence-corrected chi connectivity index (χ3v) is 3.45. The van der Waals surface area contributed by atoms with E-state index in [1.165, 1.54) is 17.5 Å². The maximum atomic E-state index is 8.57. The summed E-state index contributed by atoms with van der Waals surface area (Å²) in [5.41, 5.74) is 0. The molecule has 0 atom stereocenters. The minimum atomic E-state index is -0.0157. The Morgan fingerprint density at radius 2 is 1.95 bits per heavy atom. The minimum Gasteiger partial charge on any atom is -0.491 e. The topological polar surface area (TPSA) is 63.9 Å². The van der Waals surface area contributed by atoms with Crippen molar-refractivity contribution in [3.63, 3.8) is 0 Å². The number of thiazole rings is 1. The first kappa shape index (κ1) is 14.6. The maximum Gasteiger partial charge on any atom is 0.279 e. The molecule has 1 aromatic carbocycles. The summed E-state index contributed by atoms with van der Waals surface area (Å²) in [7, 11) is 0. The molecule has 2 aromatic rings. The van der Waals surface area contributed by atoms with Gasteiger partial charge in [0.15, 0.2) is 5.17 Å². The van der Waals surface area contributed by atoms with Gasteiger partial charge in [0.2, 0.25) is 0 Å². The monoisotopic (exact) mass is 312 g/mol. The molecule has 20 heavy (non-hydrogen) atoms. The fourth-order valence-electron chi connectivity index (χ4n) is 1.41. The van der Waals surface area contributed by atoms with Crippen molar-refractivity contribution in [1.82, 2.24) is 4.98 Å². The van der Waals surface area contributed by atoms with Crippen LogP contribution in [0.15, 0.2) is 35.6 Å². The molecule has 0 saturated carbocycles. The van der Waals surface area contributed by atoms with Crippen LogP contribution in [0.5, 0.6) is 16.7 Å². The Balaban J connectivity index is 2.04. The number of benzene rings is 1. The molecule has 1 N–H and O–H groups in total. The molecule has 106 valence electrons. The second kappa shape index (κ2) is 6.58. The summed E-state index contributed by atoms with van der Waals surface area (Å²) in [5, 5.41) is 11.9. The van der Waals surface area contributed by atoms with E-state index in [0.717, 1.165) is 5.75 Å². The number of halogens is 1. The fourth-order valence-corrected chi connectivity index (χ4v) is 2.24. The predicted molar refractivity (Wildman–Crippen MR) is 78.6 cm³/mol. The maximum absolute atomic E-state index is 8.57. The number of rotatable bonds is 5. The molecule has 2 rings (SSSR count). The highest BCUT2D eigenvalue weighted by Crippen LogP contribution is 2.28. The second-order valence-corrected chi connectivity index (χ2v) is 5.47. The fraction of sp³-hybridized carbons (Fsp3) is 0.231. The summed E-state index contributed by atoms with van der Waals surface area (Å²) in [6.45, 7) is 3.93. The van der Waals surface area contributed by atoms with Gasteiger partial charge in [0.1, 0.15) is 11.5 Å². The molecule has 0 saturated heterocycles. The highest BCUT2D eigenvalue weighted by atomic mass is 35.5. The SMILES string of the molecule is CC(C)Oc1ccc(Oc2ncc(/C(Cl)=N\O)s2)cc1. The Hall–Kier alpha value is -1.79. The summed E-state index contributed by atoms with van der Waals surface area (Å²) in [5.74, 6) is 1.42. The number of hydrogen-bond donors (Lipinski definition) is 1. The molecule has 7 heteroatoms. The lowest BCUT2D eigenvalue weighted by molar-refractivity contribution is 0.242. The van der Waals surface area contributed by atoms with E-state index >= 15 is 0 Å². The van der Waals surface area contributed by atoms with E-state index in [1.54, 1.807) is 12.1 Å². The van der Waals surface area contributed by atoms with Gasteiger partial charge in [-0.2, -0.15) is 0 Å². The van der Waals surface area contributed by atoms with E-state index in [2.05, 4.69) is 10.1 Å². The zero-order chi connectivity index (χ0) is 14.5. The summed E-state index contributed by atoms with van der Waals surface area (Å²) in [6, 6.07) is 7.24. The van der Waals surface area contributed by atoms with Crippen molar-refractivity contribution < 1.29 is 14.7 Å². The molecule has 1 heterocycles. The Bertz CT molecular complexity index is 596. The average Bonchev–Trinajstić information content (AvgIpc) is 2.88. The lowest BCUT2D eigenvalue weighted by Crippen LogP contribution is -2.05. The molecule has 0 amide bonds. The van der Waals surface area contributed by atoms with E-state index in [1.807, 2.05) is 26.0 Å². The second-order valence-electron chi connectivity index (χ2n) is 4.12. The van der Waals surface area contributed by atoms with Gasteiger partial charge in [-0.25, -0.2) is 4.98 Å². The number of aromatic nitrogens is 1. The van der Waals surface area contributed by atoms with Crippen molar-refractivity contribution in [1.29, 1.82) is 0 Å². The first-order valence-electron chi connectivity index (χ1n) is 5.87. The van der Waals surface area contributed by atoms with Gasteiger partial charge in [-0.1, -0.05) is 28.1 Å². The van der Waals surface area contributed by atoms with Crippen LogP contribution in [0.4, 0.5) is 0 Å². The molecule has 0 aliphatic carbocycles. The van der Waals surface area contributed by atoms with Gasteiger partial charge < -0.3 is 14.7 Å². The van der Waals surface area contributed by atoms with Crippen LogP contribution in [0.2, 0.25) is 0 Å². The van der Waals surface area contributed by atoms with E-state index in [0.29, 0.717) is 15.8 Å². The Morgan fingerprint density at radius 3 is 2.55 bits per heavy atom. The van der Waals surface area contributed by atoms with Crippen LogP contribution < -0.4 is 9.47 Å². The van der Waals surface area contributed by atoms with Crippen molar-refractivity contribution in [2.75, 3.05) is 0 Å². The van der Waals surface area contributed by atoms with Crippen molar-refractivity contribution in [3.05, 3.63) is 35.3 Å². The van der Waals surface area contributed by atoms with E-state index < -0.39 is 0 Å². The Labute approximate surface area is 125 Å². The van der Waals surface area contributed by atoms with Gasteiger partial charge in [-0.3, -0.25) is 0 Å². The molecule has 5 nitrogen and oxygen atoms in total. The van der Waals surface area contributed by atoms with Crippen LogP contribution in [0, 0.1) is 0 Å². The molecule has 0 unspecified atom stereocenters. The zero-order valence-corrected chi connectivity index (χ0v) is 12.5. The van der Waals surface area contributed by atoms with Crippen LogP contribution in [0.3, 0.4) is 0 Å². The lowest BCUT2D eigenvalue weighted by Gasteiger charge is -2.09. The molecular formula is C13H13ClN2O3S. The molecule has 0 spiro atoms. The molecule has 0 aliphatic rings. The van der Waals surface area contributed by atoms with Crippen LogP contribution in [-0.4, -0.2) is 21.5 Å². The zero-order valence-electron chi connectivity index (χ0n) is 10.9. The van der Waals surface area contributed by atoms with Crippen molar-refractivity contribution in [3.8, 4) is 16.7 Å². The summed E-state index contributed by atoms with van der Waals surface area (Å²) < 4.78 is 11.1. The van der Waals surface area contributed by atoms with Gasteiger partial charge in [0, 0.05) is 0 Å². The number of hydrogen-bond acceptors (Lipinski definition) is 6. The summed E-state index contributed by atoms with van der Waals surface area (Å²) >= 11 is 6.86. The highest BCUT2D eigenvalue weighted by Gasteiger charge is 2.09. The van der Waals surface area contributed by atoms with Crippen molar-refractivity contribution >= 4 is 28.1 Å². The third-order valence-electron chi connectivity index (χ3n) is 2.18. The summed E-state index contributed by atoms with van der Waals surface area (Å²) in [4.78, 5) is 4.57. The molecule has 0 radical (unpaired) electrons. The Kier molecular flexibility index (Phi) is 4.81. The first-order valence-corrected chi connectivity index (χ1v) is 7.06. The Morgan fingerprint density at radius 1 is 1.30 bits per heavy atom. The van der Waals surface area contributed by atoms with Gasteiger partial charge >= 0.3 is 0 Å². The number of ether oxygens (including phenoxy) is 2. The van der Waals surface area contributed by atoms with E-state index in [9.17, 15) is 0 Å². The quantitative estimate of drug-likeness (QED) is 0.513. The normalized spacial score (nSPS) is 11.7. The van der Waals surface area contributed by atoms with Gasteiger partial charge in [-0.05, 0) is 38.1 Å². The van der Waals surface area contributed by atoms with E-state index in [-0.39, 0.29) is 11.3 Å². The van der Waals surface area contributed by atoms with Crippen LogP contribution in [0.1, 0.15) is 18.7 Å². The molecule has 0 aliphatic heterocycles. The lowest BCUT2D eigenvalue weighted by atomic mass is 10.3. The first-order chi connectivity index (χ1) is 9.58. The van der Waals surface area contributed by atoms with Crippen molar-refractivity contribution in [2.24, 2.45) is 5.16 Å². The molecule has 0 bridgehead atoms. The van der Waals surface area contributed by atoms with Gasteiger partial charge in [-0.15, -0.1) is 0 Å². The number of oxime groups is 1. The van der Waals surface area contributed by atoms with Gasteiger partial charge in [0.05, 0.1) is 17.2 Å². The standard InChI is InChI=1S/C13H13ClN2O3S/c1-8(2)18-9-3-5-10(6-4-9)19-13-15-7-11(20-13)12(14)16-17/h3-8,17H,1-2H3/b16-12+. The average molecular weight is 313 g/mol. The van der Waals surface area contributed by atoms with Crippen LogP contribution in [0.25, 0.3) is 0 Å². The predicted octanol–water partition coefficient (Wildman–Crippen LogP) is 4.10. The van der Waals surface area contributed by atoms with Gasteiger partial charge in [0.25, 0.3) is 5.19 Å². The van der Waals surface area contributed by atoms with Crippen LogP contribution >= 0.6 is 22.9 Å². The minimum absolute atomic E-state index is 0.0157. The van der Waals surface area contributed by atoms with Crippen molar-refractivity contribution in [2.45, 2.75) is 20.0 Å². The molecular weight excluding hydrogens is 300 g/mol. The third kappa shape index (κ3) is 3.85. The molecule has 1 aromatic heterocycles. The smallest absolute Gasteiger partial charge is 0.279 e. The van der Waals surface area contributed by atoms with Crippen LogP contribution in [-0.2, 0) is 0 Å².